The van der Waals surface area contributed by atoms with Gasteiger partial charge >= 0.3 is 0 Å². The Labute approximate surface area is 81.9 Å². The topological polar surface area (TPSA) is 59.1 Å². The molecule has 0 unspecified atom stereocenters. The van der Waals surface area contributed by atoms with Crippen LogP contribution in [-0.2, 0) is 0 Å². The zero-order valence-corrected chi connectivity index (χ0v) is 7.83. The maximum Gasteiger partial charge on any atom is 0.136 e. The van der Waals surface area contributed by atoms with Crippen LogP contribution in [0.4, 0.5) is 5.69 Å². The molecule has 0 spiro atoms. The van der Waals surface area contributed by atoms with Gasteiger partial charge in [-0.05, 0) is 12.5 Å². The Bertz CT molecular complexity index is 312. The predicted molar refractivity (Wildman–Crippen MR) is 54.4 cm³/mol. The number of aromatic nitrogens is 1. The summed E-state index contributed by atoms with van der Waals surface area (Å²) in [7, 11) is 0. The van der Waals surface area contributed by atoms with E-state index in [0.717, 1.165) is 5.56 Å². The summed E-state index contributed by atoms with van der Waals surface area (Å²) in [6, 6.07) is 1.74. The van der Waals surface area contributed by atoms with Gasteiger partial charge < -0.3 is 10.8 Å². The summed E-state index contributed by atoms with van der Waals surface area (Å²) < 4.78 is 0. The van der Waals surface area contributed by atoms with E-state index in [9.17, 15) is 0 Å². The number of nitrogen functional groups attached to an aromatic ring is 1. The molecular weight excluding hydrogens is 188 g/mol. The highest BCUT2D eigenvalue weighted by molar-refractivity contribution is 6.30. The number of rotatable bonds is 3. The van der Waals surface area contributed by atoms with Crippen molar-refractivity contribution >= 4 is 23.4 Å². The molecule has 3 N–H and O–H groups in total. The molecule has 0 aliphatic carbocycles. The quantitative estimate of drug-likeness (QED) is 0.727. The summed E-state index contributed by atoms with van der Waals surface area (Å²) in [5.41, 5.74) is 6.88. The van der Waals surface area contributed by atoms with Gasteiger partial charge in [-0.3, -0.25) is 0 Å². The molecule has 1 aromatic heterocycles. The minimum Gasteiger partial charge on any atom is -0.397 e. The molecule has 0 saturated carbocycles. The maximum atomic E-state index is 8.54. The van der Waals surface area contributed by atoms with E-state index in [-0.39, 0.29) is 6.61 Å². The van der Waals surface area contributed by atoms with Crippen molar-refractivity contribution < 1.29 is 5.11 Å². The summed E-state index contributed by atoms with van der Waals surface area (Å²) in [6.07, 6.45) is 5.72. The van der Waals surface area contributed by atoms with Gasteiger partial charge in [0.05, 0.1) is 11.9 Å². The third kappa shape index (κ3) is 3.05. The molecule has 0 amide bonds. The average molecular weight is 199 g/mol. The second-order valence-electron chi connectivity index (χ2n) is 2.56. The van der Waals surface area contributed by atoms with Crippen LogP contribution in [0.5, 0.6) is 0 Å². The molecule has 0 atom stereocenters. The van der Waals surface area contributed by atoms with E-state index in [2.05, 4.69) is 4.98 Å². The lowest BCUT2D eigenvalue weighted by Crippen LogP contribution is -1.88. The van der Waals surface area contributed by atoms with Gasteiger partial charge in [0, 0.05) is 12.2 Å². The van der Waals surface area contributed by atoms with Crippen molar-refractivity contribution in [1.29, 1.82) is 0 Å². The summed E-state index contributed by atoms with van der Waals surface area (Å²) in [4.78, 5) is 3.88. The Hall–Kier alpha value is -1.06. The molecule has 0 aliphatic rings. The van der Waals surface area contributed by atoms with E-state index in [1.807, 2.05) is 6.08 Å². The number of pyridine rings is 1. The van der Waals surface area contributed by atoms with E-state index in [1.54, 1.807) is 12.1 Å². The molecule has 70 valence electrons. The van der Waals surface area contributed by atoms with Crippen LogP contribution in [0.3, 0.4) is 0 Å². The maximum absolute atomic E-state index is 8.54. The molecule has 13 heavy (non-hydrogen) atoms. The zero-order chi connectivity index (χ0) is 9.68. The Kier molecular flexibility index (Phi) is 3.73. The van der Waals surface area contributed by atoms with Gasteiger partial charge in [0.25, 0.3) is 0 Å². The predicted octanol–water partition coefficient (Wildman–Crippen LogP) is 1.71. The van der Waals surface area contributed by atoms with Crippen molar-refractivity contribution in [3.8, 4) is 0 Å². The summed E-state index contributed by atoms with van der Waals surface area (Å²) in [5, 5.41) is 8.96. The lowest BCUT2D eigenvalue weighted by atomic mass is 10.2. The highest BCUT2D eigenvalue weighted by atomic mass is 35.5. The van der Waals surface area contributed by atoms with Crippen molar-refractivity contribution in [3.05, 3.63) is 29.1 Å². The molecule has 4 heteroatoms. The van der Waals surface area contributed by atoms with Gasteiger partial charge in [-0.2, -0.15) is 0 Å². The van der Waals surface area contributed by atoms with E-state index >= 15 is 0 Å². The number of aliphatic hydroxyl groups is 1. The number of anilines is 1. The molecule has 0 bridgehead atoms. The van der Waals surface area contributed by atoms with Gasteiger partial charge in [0.1, 0.15) is 5.15 Å². The minimum atomic E-state index is 0.129. The molecule has 0 aliphatic heterocycles. The van der Waals surface area contributed by atoms with Crippen molar-refractivity contribution in [2.45, 2.75) is 6.42 Å². The molecule has 0 radical (unpaired) electrons. The molecule has 0 aromatic carbocycles. The first-order valence-corrected chi connectivity index (χ1v) is 4.30. The van der Waals surface area contributed by atoms with E-state index in [0.29, 0.717) is 17.3 Å². The number of hydrogen-bond donors (Lipinski definition) is 2. The average Bonchev–Trinajstić information content (AvgIpc) is 2.11. The monoisotopic (exact) mass is 198 g/mol. The first kappa shape index (κ1) is 10.0. The zero-order valence-electron chi connectivity index (χ0n) is 7.07. The summed E-state index contributed by atoms with van der Waals surface area (Å²) in [6.45, 7) is 0.129. The number of nitrogens with two attached hydrogens (primary N) is 1. The van der Waals surface area contributed by atoms with E-state index in [1.165, 1.54) is 6.20 Å². The second kappa shape index (κ2) is 4.84. The Morgan fingerprint density at radius 1 is 1.62 bits per heavy atom. The summed E-state index contributed by atoms with van der Waals surface area (Å²) >= 11 is 5.79. The van der Waals surface area contributed by atoms with Gasteiger partial charge in [-0.1, -0.05) is 23.8 Å². The van der Waals surface area contributed by atoms with Gasteiger partial charge in [-0.15, -0.1) is 0 Å². The van der Waals surface area contributed by atoms with E-state index in [4.69, 9.17) is 22.4 Å². The number of halogens is 1. The first-order chi connectivity index (χ1) is 6.24. The fourth-order valence-electron chi connectivity index (χ4n) is 0.884. The first-order valence-electron chi connectivity index (χ1n) is 3.92. The fraction of sp³-hybridized carbons (Fsp3) is 0.222. The molecule has 1 aromatic rings. The number of aliphatic hydroxyl groups excluding tert-OH is 1. The van der Waals surface area contributed by atoms with Crippen LogP contribution in [0, 0.1) is 0 Å². The van der Waals surface area contributed by atoms with Gasteiger partial charge in [0.2, 0.25) is 0 Å². The Morgan fingerprint density at radius 2 is 2.38 bits per heavy atom. The minimum absolute atomic E-state index is 0.129. The second-order valence-corrected chi connectivity index (χ2v) is 2.92. The highest BCUT2D eigenvalue weighted by Crippen LogP contribution is 2.16. The van der Waals surface area contributed by atoms with Crippen molar-refractivity contribution in [2.75, 3.05) is 12.3 Å². The molecule has 3 nitrogen and oxygen atoms in total. The smallest absolute Gasteiger partial charge is 0.136 e. The molecule has 1 rings (SSSR count). The molecule has 0 fully saturated rings. The third-order valence-corrected chi connectivity index (χ3v) is 1.80. The largest absolute Gasteiger partial charge is 0.397 e. The van der Waals surface area contributed by atoms with Crippen molar-refractivity contribution in [2.24, 2.45) is 0 Å². The lowest BCUT2D eigenvalue weighted by Gasteiger charge is -1.98. The lowest BCUT2D eigenvalue weighted by molar-refractivity contribution is 0.303. The summed E-state index contributed by atoms with van der Waals surface area (Å²) in [5.74, 6) is 0. The fourth-order valence-corrected chi connectivity index (χ4v) is 1.05. The molecular formula is C9H11ClN2O. The molecule has 1 heterocycles. The van der Waals surface area contributed by atoms with Crippen molar-refractivity contribution in [3.63, 3.8) is 0 Å². The van der Waals surface area contributed by atoms with Crippen LogP contribution >= 0.6 is 11.6 Å². The Morgan fingerprint density at radius 3 is 3.08 bits per heavy atom. The van der Waals surface area contributed by atoms with Crippen LogP contribution < -0.4 is 5.73 Å². The normalized spacial score (nSPS) is 10.9. The van der Waals surface area contributed by atoms with Crippen LogP contribution in [-0.4, -0.2) is 16.7 Å². The van der Waals surface area contributed by atoms with Crippen molar-refractivity contribution in [1.82, 2.24) is 4.98 Å². The number of nitrogens with zero attached hydrogens (tertiary/aromatic N) is 1. The van der Waals surface area contributed by atoms with E-state index < -0.39 is 0 Å². The number of hydrogen-bond acceptors (Lipinski definition) is 3. The van der Waals surface area contributed by atoms with Crippen LogP contribution in [0.15, 0.2) is 18.3 Å². The van der Waals surface area contributed by atoms with Crippen LogP contribution in [0.2, 0.25) is 5.15 Å². The molecule has 0 saturated heterocycles. The standard InChI is InChI=1S/C9H11ClN2O/c10-9-7(3-1-2-4-13)5-8(11)6-12-9/h1,3,5-6,13H,2,4,11H2. The van der Waals surface area contributed by atoms with Crippen LogP contribution in [0.25, 0.3) is 6.08 Å². The highest BCUT2D eigenvalue weighted by Gasteiger charge is 1.97. The Balaban J connectivity index is 2.81. The SMILES string of the molecule is Nc1cnc(Cl)c(C=CCCO)c1. The van der Waals surface area contributed by atoms with Gasteiger partial charge in [-0.25, -0.2) is 4.98 Å². The third-order valence-electron chi connectivity index (χ3n) is 1.48. The van der Waals surface area contributed by atoms with Crippen LogP contribution in [0.1, 0.15) is 12.0 Å². The van der Waals surface area contributed by atoms with Gasteiger partial charge in [0.15, 0.2) is 0 Å².